The van der Waals surface area contributed by atoms with Crippen molar-refractivity contribution in [1.29, 1.82) is 0 Å². The summed E-state index contributed by atoms with van der Waals surface area (Å²) < 4.78 is 39.6. The highest BCUT2D eigenvalue weighted by atomic mass is 32.2. The molecule has 0 radical (unpaired) electrons. The number of benzene rings is 1. The Morgan fingerprint density at radius 1 is 1.31 bits per heavy atom. The molecule has 8 nitrogen and oxygen atoms in total. The number of halogens is 1. The largest absolute Gasteiger partial charge is 0.324 e. The Morgan fingerprint density at radius 3 is 2.54 bits per heavy atom. The van der Waals surface area contributed by atoms with E-state index in [0.717, 1.165) is 21.3 Å². The molecule has 0 saturated heterocycles. The predicted molar refractivity (Wildman–Crippen MR) is 93.8 cm³/mol. The van der Waals surface area contributed by atoms with Gasteiger partial charge in [0.05, 0.1) is 11.1 Å². The highest BCUT2D eigenvalue weighted by Crippen LogP contribution is 2.23. The molecule has 26 heavy (non-hydrogen) atoms. The summed E-state index contributed by atoms with van der Waals surface area (Å²) in [5.41, 5.74) is 0.0247. The monoisotopic (exact) mass is 382 g/mol. The van der Waals surface area contributed by atoms with Gasteiger partial charge < -0.3 is 5.32 Å². The Balaban J connectivity index is 2.31. The molecular formula is C16H19FN4O4S. The minimum Gasteiger partial charge on any atom is -0.324 e. The number of hydrogen-bond donors (Lipinski definition) is 1. The molecule has 0 saturated carbocycles. The molecule has 1 aromatic carbocycles. The lowest BCUT2D eigenvalue weighted by molar-refractivity contribution is -0.119. The van der Waals surface area contributed by atoms with Crippen molar-refractivity contribution >= 4 is 21.6 Å². The molecule has 0 aliphatic rings. The van der Waals surface area contributed by atoms with Gasteiger partial charge in [0, 0.05) is 25.8 Å². The number of nitrogens with one attached hydrogen (secondary N) is 1. The van der Waals surface area contributed by atoms with Gasteiger partial charge in [0.1, 0.15) is 11.9 Å². The average molecular weight is 382 g/mol. The van der Waals surface area contributed by atoms with Crippen molar-refractivity contribution in [3.05, 3.63) is 52.2 Å². The maximum Gasteiger partial charge on any atom is 0.270 e. The van der Waals surface area contributed by atoms with Crippen molar-refractivity contribution in [3.8, 4) is 0 Å². The van der Waals surface area contributed by atoms with Crippen LogP contribution in [0.4, 0.5) is 10.1 Å². The van der Waals surface area contributed by atoms with Gasteiger partial charge in [-0.25, -0.2) is 21.8 Å². The lowest BCUT2D eigenvalue weighted by Gasteiger charge is -2.17. The minimum atomic E-state index is -3.68. The number of aromatic nitrogens is 2. The Bertz CT molecular complexity index is 1000. The van der Waals surface area contributed by atoms with Gasteiger partial charge in [-0.2, -0.15) is 5.10 Å². The van der Waals surface area contributed by atoms with Crippen LogP contribution in [-0.4, -0.2) is 42.5 Å². The summed E-state index contributed by atoms with van der Waals surface area (Å²) in [6.07, 6.45) is 0.832. The minimum absolute atomic E-state index is 0.0602. The molecule has 0 fully saturated rings. The van der Waals surface area contributed by atoms with Gasteiger partial charge in [-0.3, -0.25) is 9.59 Å². The summed E-state index contributed by atoms with van der Waals surface area (Å²) in [5, 5.41) is 6.15. The van der Waals surface area contributed by atoms with E-state index in [1.807, 2.05) is 0 Å². The summed E-state index contributed by atoms with van der Waals surface area (Å²) >= 11 is 0. The maximum absolute atomic E-state index is 13.0. The van der Waals surface area contributed by atoms with E-state index in [2.05, 4.69) is 10.4 Å². The molecule has 1 aromatic heterocycles. The summed E-state index contributed by atoms with van der Waals surface area (Å²) in [4.78, 5) is 24.2. The number of anilines is 1. The smallest absolute Gasteiger partial charge is 0.270 e. The van der Waals surface area contributed by atoms with Crippen LogP contribution in [0.1, 0.15) is 18.5 Å². The van der Waals surface area contributed by atoms with E-state index in [0.29, 0.717) is 5.56 Å². The van der Waals surface area contributed by atoms with Gasteiger partial charge in [-0.1, -0.05) is 6.07 Å². The number of carbonyl (C=O) groups excluding carboxylic acids is 1. The SMILES string of the molecule is Cc1ccc(NC(=O)[C@@H](C)n2ncc(F)cc2=O)cc1S(=O)(=O)N(C)C. The molecule has 2 aromatic rings. The van der Waals surface area contributed by atoms with Crippen LogP contribution in [0.2, 0.25) is 0 Å². The first-order valence-electron chi connectivity index (χ1n) is 7.62. The molecule has 1 N–H and O–H groups in total. The zero-order valence-corrected chi connectivity index (χ0v) is 15.5. The standard InChI is InChI=1S/C16H19FN4O4S/c1-10-5-6-13(8-14(10)26(24,25)20(3)4)19-16(23)11(2)21-15(22)7-12(17)9-18-21/h5-9,11H,1-4H3,(H,19,23)/t11-/m1/s1. The molecule has 10 heteroatoms. The second-order valence-electron chi connectivity index (χ2n) is 5.89. The number of sulfonamides is 1. The van der Waals surface area contributed by atoms with Crippen LogP contribution in [0, 0.1) is 12.7 Å². The molecular weight excluding hydrogens is 363 g/mol. The summed E-state index contributed by atoms with van der Waals surface area (Å²) in [6, 6.07) is 4.17. The first-order chi connectivity index (χ1) is 12.0. The lowest BCUT2D eigenvalue weighted by Crippen LogP contribution is -2.33. The van der Waals surface area contributed by atoms with E-state index in [9.17, 15) is 22.4 Å². The van der Waals surface area contributed by atoms with Gasteiger partial charge in [0.25, 0.3) is 5.56 Å². The van der Waals surface area contributed by atoms with Crippen LogP contribution < -0.4 is 10.9 Å². The maximum atomic E-state index is 13.0. The second kappa shape index (κ2) is 7.34. The summed E-state index contributed by atoms with van der Waals surface area (Å²) in [5.74, 6) is -1.39. The number of rotatable bonds is 5. The van der Waals surface area contributed by atoms with Crippen molar-refractivity contribution in [1.82, 2.24) is 14.1 Å². The number of carbonyl (C=O) groups is 1. The third-order valence-corrected chi connectivity index (χ3v) is 5.71. The van der Waals surface area contributed by atoms with Gasteiger partial charge in [0.15, 0.2) is 0 Å². The topological polar surface area (TPSA) is 101 Å². The number of nitrogens with zero attached hydrogens (tertiary/aromatic N) is 3. The Morgan fingerprint density at radius 2 is 1.96 bits per heavy atom. The molecule has 0 spiro atoms. The summed E-state index contributed by atoms with van der Waals surface area (Å²) in [6.45, 7) is 3.07. The zero-order chi connectivity index (χ0) is 19.6. The molecule has 0 aliphatic heterocycles. The second-order valence-corrected chi connectivity index (χ2v) is 8.01. The Kier molecular flexibility index (Phi) is 5.57. The van der Waals surface area contributed by atoms with Crippen LogP contribution in [0.15, 0.2) is 40.2 Å². The molecule has 0 bridgehead atoms. The molecule has 1 atom stereocenters. The molecule has 1 heterocycles. The van der Waals surface area contributed by atoms with Crippen molar-refractivity contribution in [3.63, 3.8) is 0 Å². The van der Waals surface area contributed by atoms with Crippen molar-refractivity contribution in [2.75, 3.05) is 19.4 Å². The number of aryl methyl sites for hydroxylation is 1. The van der Waals surface area contributed by atoms with E-state index < -0.39 is 33.3 Å². The van der Waals surface area contributed by atoms with E-state index in [1.54, 1.807) is 19.1 Å². The molecule has 2 rings (SSSR count). The van der Waals surface area contributed by atoms with E-state index in [-0.39, 0.29) is 10.6 Å². The van der Waals surface area contributed by atoms with Gasteiger partial charge in [-0.05, 0) is 31.5 Å². The van der Waals surface area contributed by atoms with Crippen molar-refractivity contribution in [2.45, 2.75) is 24.8 Å². The quantitative estimate of drug-likeness (QED) is 0.836. The van der Waals surface area contributed by atoms with Gasteiger partial charge in [-0.15, -0.1) is 0 Å². The van der Waals surface area contributed by atoms with E-state index >= 15 is 0 Å². The van der Waals surface area contributed by atoms with Crippen LogP contribution in [0.3, 0.4) is 0 Å². The molecule has 140 valence electrons. The summed E-state index contributed by atoms with van der Waals surface area (Å²) in [7, 11) is -0.854. The van der Waals surface area contributed by atoms with Crippen LogP contribution in [0.25, 0.3) is 0 Å². The third kappa shape index (κ3) is 3.97. The average Bonchev–Trinajstić information content (AvgIpc) is 2.55. The zero-order valence-electron chi connectivity index (χ0n) is 14.7. The van der Waals surface area contributed by atoms with Gasteiger partial charge in [0.2, 0.25) is 15.9 Å². The fourth-order valence-corrected chi connectivity index (χ4v) is 3.34. The Hall–Kier alpha value is -2.59. The van der Waals surface area contributed by atoms with Gasteiger partial charge >= 0.3 is 0 Å². The van der Waals surface area contributed by atoms with Crippen LogP contribution >= 0.6 is 0 Å². The molecule has 0 aliphatic carbocycles. The van der Waals surface area contributed by atoms with Crippen molar-refractivity contribution in [2.24, 2.45) is 0 Å². The first kappa shape index (κ1) is 19.7. The van der Waals surface area contributed by atoms with Crippen LogP contribution in [-0.2, 0) is 14.8 Å². The van der Waals surface area contributed by atoms with E-state index in [1.165, 1.54) is 27.1 Å². The first-order valence-corrected chi connectivity index (χ1v) is 9.06. The molecule has 0 unspecified atom stereocenters. The highest BCUT2D eigenvalue weighted by molar-refractivity contribution is 7.89. The fourth-order valence-electron chi connectivity index (χ4n) is 2.20. The van der Waals surface area contributed by atoms with Crippen LogP contribution in [0.5, 0.6) is 0 Å². The predicted octanol–water partition coefficient (Wildman–Crippen LogP) is 1.14. The molecule has 1 amide bonds. The highest BCUT2D eigenvalue weighted by Gasteiger charge is 2.22. The number of hydrogen-bond acceptors (Lipinski definition) is 5. The lowest BCUT2D eigenvalue weighted by atomic mass is 10.2. The van der Waals surface area contributed by atoms with Crippen molar-refractivity contribution < 1.29 is 17.6 Å². The van der Waals surface area contributed by atoms with E-state index in [4.69, 9.17) is 0 Å². The Labute approximate surface area is 150 Å². The number of amides is 1. The third-order valence-electron chi connectivity index (χ3n) is 3.75. The normalized spacial score (nSPS) is 12.8. The fraction of sp³-hybridized carbons (Fsp3) is 0.312.